The van der Waals surface area contributed by atoms with Gasteiger partial charge < -0.3 is 9.84 Å². The molecule has 0 aromatic rings. The average Bonchev–Trinajstić information content (AvgIpc) is 2.39. The van der Waals surface area contributed by atoms with E-state index in [0.29, 0.717) is 5.92 Å². The summed E-state index contributed by atoms with van der Waals surface area (Å²) in [4.78, 5) is 0. The number of aliphatic hydroxyl groups is 1. The molecule has 1 aliphatic rings. The largest absolute Gasteiger partial charge is 0.389 e. The molecule has 0 fully saturated rings. The fourth-order valence-electron chi connectivity index (χ4n) is 1.99. The Labute approximate surface area is 87.0 Å². The number of methoxy groups -OCH3 is 1. The zero-order valence-corrected chi connectivity index (χ0v) is 9.33. The van der Waals surface area contributed by atoms with Crippen molar-refractivity contribution in [2.45, 2.75) is 45.1 Å². The monoisotopic (exact) mass is 198 g/mol. The van der Waals surface area contributed by atoms with Crippen LogP contribution < -0.4 is 0 Å². The van der Waals surface area contributed by atoms with Crippen molar-refractivity contribution in [1.29, 1.82) is 0 Å². The van der Waals surface area contributed by atoms with E-state index in [4.69, 9.17) is 4.74 Å². The molecule has 0 aromatic heterocycles. The molecule has 0 aromatic carbocycles. The van der Waals surface area contributed by atoms with Gasteiger partial charge in [-0.25, -0.2) is 0 Å². The third kappa shape index (κ3) is 3.81. The van der Waals surface area contributed by atoms with Gasteiger partial charge in [-0.1, -0.05) is 25.0 Å². The highest BCUT2D eigenvalue weighted by Crippen LogP contribution is 2.25. The molecular weight excluding hydrogens is 176 g/mol. The molecule has 2 nitrogen and oxygen atoms in total. The summed E-state index contributed by atoms with van der Waals surface area (Å²) in [6.07, 6.45) is 7.38. The van der Waals surface area contributed by atoms with Crippen molar-refractivity contribution in [2.24, 2.45) is 5.92 Å². The maximum atomic E-state index is 9.63. The van der Waals surface area contributed by atoms with Crippen LogP contribution in [0.2, 0.25) is 0 Å². The van der Waals surface area contributed by atoms with E-state index < -0.39 is 0 Å². The fraction of sp³-hybridized carbons (Fsp3) is 0.833. The van der Waals surface area contributed by atoms with E-state index in [0.717, 1.165) is 32.3 Å². The third-order valence-electron chi connectivity index (χ3n) is 3.01. The Morgan fingerprint density at radius 3 is 3.07 bits per heavy atom. The van der Waals surface area contributed by atoms with Gasteiger partial charge in [-0.3, -0.25) is 0 Å². The average molecular weight is 198 g/mol. The van der Waals surface area contributed by atoms with Gasteiger partial charge in [-0.15, -0.1) is 0 Å². The maximum absolute atomic E-state index is 9.63. The Morgan fingerprint density at radius 2 is 2.36 bits per heavy atom. The molecule has 0 amide bonds. The summed E-state index contributed by atoms with van der Waals surface area (Å²) in [6, 6.07) is 0. The third-order valence-corrected chi connectivity index (χ3v) is 3.01. The minimum absolute atomic E-state index is 0.211. The molecule has 0 radical (unpaired) electrons. The topological polar surface area (TPSA) is 29.5 Å². The molecule has 2 atom stereocenters. The van der Waals surface area contributed by atoms with E-state index >= 15 is 0 Å². The number of rotatable bonds is 4. The highest BCUT2D eigenvalue weighted by atomic mass is 16.5. The molecule has 2 unspecified atom stereocenters. The van der Waals surface area contributed by atoms with Crippen LogP contribution in [0.25, 0.3) is 0 Å². The van der Waals surface area contributed by atoms with Gasteiger partial charge in [-0.05, 0) is 31.6 Å². The number of hydrogen-bond acceptors (Lipinski definition) is 2. The summed E-state index contributed by atoms with van der Waals surface area (Å²) >= 11 is 0. The smallest absolute Gasteiger partial charge is 0.0723 e. The molecule has 2 heteroatoms. The van der Waals surface area contributed by atoms with E-state index in [9.17, 15) is 5.11 Å². The summed E-state index contributed by atoms with van der Waals surface area (Å²) in [6.45, 7) is 3.04. The molecule has 0 bridgehead atoms. The molecule has 0 saturated carbocycles. The molecule has 0 spiro atoms. The van der Waals surface area contributed by atoms with Gasteiger partial charge in [0.05, 0.1) is 6.10 Å². The fourth-order valence-corrected chi connectivity index (χ4v) is 1.99. The van der Waals surface area contributed by atoms with Crippen molar-refractivity contribution in [3.8, 4) is 0 Å². The lowest BCUT2D eigenvalue weighted by Gasteiger charge is -2.15. The van der Waals surface area contributed by atoms with Gasteiger partial charge in [0.15, 0.2) is 0 Å². The lowest BCUT2D eigenvalue weighted by molar-refractivity contribution is 0.183. The van der Waals surface area contributed by atoms with Crippen molar-refractivity contribution in [3.63, 3.8) is 0 Å². The Kier molecular flexibility index (Phi) is 5.20. The highest BCUT2D eigenvalue weighted by molar-refractivity contribution is 5.10. The second kappa shape index (κ2) is 6.20. The zero-order chi connectivity index (χ0) is 10.4. The lowest BCUT2D eigenvalue weighted by atomic mass is 9.94. The van der Waals surface area contributed by atoms with Crippen molar-refractivity contribution in [2.75, 3.05) is 13.7 Å². The standard InChI is InChI=1S/C12H22O2/c1-10(7-8-14-2)11-5-3-4-6-12(13)9-11/h9-10,12-13H,3-8H2,1-2H3. The first-order valence-electron chi connectivity index (χ1n) is 5.61. The van der Waals surface area contributed by atoms with Crippen LogP contribution in [0.5, 0.6) is 0 Å². The minimum Gasteiger partial charge on any atom is -0.389 e. The molecule has 1 aliphatic carbocycles. The van der Waals surface area contributed by atoms with Crippen LogP contribution in [-0.2, 0) is 4.74 Å². The van der Waals surface area contributed by atoms with Crippen LogP contribution in [0.3, 0.4) is 0 Å². The van der Waals surface area contributed by atoms with Gasteiger partial charge in [0.2, 0.25) is 0 Å². The molecule has 1 N–H and O–H groups in total. The number of aliphatic hydroxyl groups excluding tert-OH is 1. The van der Waals surface area contributed by atoms with Crippen molar-refractivity contribution in [3.05, 3.63) is 11.6 Å². The lowest BCUT2D eigenvalue weighted by Crippen LogP contribution is -2.06. The summed E-state index contributed by atoms with van der Waals surface area (Å²) in [5, 5.41) is 9.63. The molecule has 0 heterocycles. The molecular formula is C12H22O2. The minimum atomic E-state index is -0.211. The van der Waals surface area contributed by atoms with Crippen LogP contribution in [-0.4, -0.2) is 24.9 Å². The van der Waals surface area contributed by atoms with Gasteiger partial charge in [0.1, 0.15) is 0 Å². The number of hydrogen-bond donors (Lipinski definition) is 1. The Morgan fingerprint density at radius 1 is 1.57 bits per heavy atom. The van der Waals surface area contributed by atoms with E-state index in [1.54, 1.807) is 7.11 Å². The Bertz CT molecular complexity index is 187. The summed E-state index contributed by atoms with van der Waals surface area (Å²) < 4.78 is 5.07. The van der Waals surface area contributed by atoms with Crippen LogP contribution >= 0.6 is 0 Å². The second-order valence-electron chi connectivity index (χ2n) is 4.24. The van der Waals surface area contributed by atoms with Gasteiger partial charge in [-0.2, -0.15) is 0 Å². The predicted octanol–water partition coefficient (Wildman–Crippen LogP) is 2.52. The highest BCUT2D eigenvalue weighted by Gasteiger charge is 2.14. The van der Waals surface area contributed by atoms with Crippen molar-refractivity contribution < 1.29 is 9.84 Å². The van der Waals surface area contributed by atoms with E-state index in [1.165, 1.54) is 12.0 Å². The second-order valence-corrected chi connectivity index (χ2v) is 4.24. The van der Waals surface area contributed by atoms with Crippen LogP contribution in [0.4, 0.5) is 0 Å². The van der Waals surface area contributed by atoms with E-state index in [-0.39, 0.29) is 6.10 Å². The Balaban J connectivity index is 2.46. The van der Waals surface area contributed by atoms with Crippen molar-refractivity contribution in [1.82, 2.24) is 0 Å². The molecule has 0 saturated heterocycles. The van der Waals surface area contributed by atoms with E-state index in [2.05, 4.69) is 13.0 Å². The van der Waals surface area contributed by atoms with Crippen molar-refractivity contribution >= 4 is 0 Å². The Hall–Kier alpha value is -0.340. The van der Waals surface area contributed by atoms with E-state index in [1.807, 2.05) is 0 Å². The molecule has 82 valence electrons. The van der Waals surface area contributed by atoms with Gasteiger partial charge in [0.25, 0.3) is 0 Å². The molecule has 0 aliphatic heterocycles. The van der Waals surface area contributed by atoms with Crippen LogP contribution in [0.15, 0.2) is 11.6 Å². The molecule has 1 rings (SSSR count). The zero-order valence-electron chi connectivity index (χ0n) is 9.33. The number of allylic oxidation sites excluding steroid dienone is 1. The SMILES string of the molecule is COCCC(C)C1=CC(O)CCCC1. The summed E-state index contributed by atoms with van der Waals surface area (Å²) in [7, 11) is 1.74. The normalized spacial score (nSPS) is 25.4. The van der Waals surface area contributed by atoms with Gasteiger partial charge in [0, 0.05) is 13.7 Å². The number of ether oxygens (including phenoxy) is 1. The van der Waals surface area contributed by atoms with Gasteiger partial charge >= 0.3 is 0 Å². The maximum Gasteiger partial charge on any atom is 0.0723 e. The quantitative estimate of drug-likeness (QED) is 0.703. The first kappa shape index (κ1) is 11.7. The summed E-state index contributed by atoms with van der Waals surface area (Å²) in [5.74, 6) is 0.558. The first-order valence-corrected chi connectivity index (χ1v) is 5.61. The first-order chi connectivity index (χ1) is 6.74. The predicted molar refractivity (Wildman–Crippen MR) is 58.2 cm³/mol. The van der Waals surface area contributed by atoms with Crippen LogP contribution in [0.1, 0.15) is 39.0 Å². The summed E-state index contributed by atoms with van der Waals surface area (Å²) in [5.41, 5.74) is 1.42. The van der Waals surface area contributed by atoms with Crippen LogP contribution in [0, 0.1) is 5.92 Å². The molecule has 14 heavy (non-hydrogen) atoms.